The van der Waals surface area contributed by atoms with E-state index in [0.29, 0.717) is 18.6 Å². The Balaban J connectivity index is 1.73. The molecule has 0 saturated carbocycles. The topological polar surface area (TPSA) is 47.3 Å². The van der Waals surface area contributed by atoms with Crippen LogP contribution in [0.3, 0.4) is 0 Å². The van der Waals surface area contributed by atoms with Crippen LogP contribution in [0.1, 0.15) is 30.7 Å². The van der Waals surface area contributed by atoms with Crippen LogP contribution in [0.4, 0.5) is 0 Å². The summed E-state index contributed by atoms with van der Waals surface area (Å²) < 4.78 is 5.71. The van der Waals surface area contributed by atoms with Gasteiger partial charge in [0.1, 0.15) is 0 Å². The van der Waals surface area contributed by atoms with Gasteiger partial charge < -0.3 is 15.8 Å². The maximum absolute atomic E-state index is 5.85. The molecule has 2 atom stereocenters. The fraction of sp³-hybridized carbons (Fsp3) is 0.600. The zero-order chi connectivity index (χ0) is 12.6. The van der Waals surface area contributed by atoms with E-state index in [2.05, 4.69) is 29.6 Å². The second-order valence-corrected chi connectivity index (χ2v) is 4.99. The molecule has 1 aliphatic heterocycles. The Morgan fingerprint density at radius 2 is 2.11 bits per heavy atom. The van der Waals surface area contributed by atoms with Gasteiger partial charge in [-0.05, 0) is 24.8 Å². The van der Waals surface area contributed by atoms with Crippen LogP contribution in [-0.4, -0.2) is 32.3 Å². The highest BCUT2D eigenvalue weighted by atomic mass is 16.5. The van der Waals surface area contributed by atoms with Crippen molar-refractivity contribution < 1.29 is 4.74 Å². The lowest BCUT2D eigenvalue weighted by atomic mass is 9.99. The normalized spacial score (nSPS) is 21.7. The fourth-order valence-electron chi connectivity index (χ4n) is 2.45. The minimum absolute atomic E-state index is 0.396. The van der Waals surface area contributed by atoms with Crippen molar-refractivity contribution in [3.63, 3.8) is 0 Å². The van der Waals surface area contributed by atoms with Crippen LogP contribution in [-0.2, 0) is 4.74 Å². The van der Waals surface area contributed by atoms with Gasteiger partial charge in [-0.15, -0.1) is 0 Å². The monoisotopic (exact) mass is 248 g/mol. The van der Waals surface area contributed by atoms with Gasteiger partial charge in [0.2, 0.25) is 0 Å². The second kappa shape index (κ2) is 7.52. The molecule has 0 amide bonds. The molecule has 1 saturated heterocycles. The smallest absolute Gasteiger partial charge is 0.0699 e. The Labute approximate surface area is 110 Å². The first-order valence-corrected chi connectivity index (χ1v) is 6.97. The van der Waals surface area contributed by atoms with Crippen molar-refractivity contribution in [2.45, 2.75) is 31.3 Å². The zero-order valence-electron chi connectivity index (χ0n) is 11.0. The Morgan fingerprint density at radius 1 is 1.28 bits per heavy atom. The van der Waals surface area contributed by atoms with Gasteiger partial charge in [0.15, 0.2) is 0 Å². The van der Waals surface area contributed by atoms with Crippen molar-refractivity contribution in [1.82, 2.24) is 5.32 Å². The molecule has 1 fully saturated rings. The first-order valence-electron chi connectivity index (χ1n) is 6.97. The maximum atomic E-state index is 5.85. The lowest BCUT2D eigenvalue weighted by Gasteiger charge is -2.24. The summed E-state index contributed by atoms with van der Waals surface area (Å²) in [5.41, 5.74) is 7.17. The number of nitrogens with one attached hydrogen (secondary N) is 1. The van der Waals surface area contributed by atoms with E-state index in [-0.39, 0.29) is 0 Å². The lowest BCUT2D eigenvalue weighted by Crippen LogP contribution is -2.35. The lowest BCUT2D eigenvalue weighted by molar-refractivity contribution is 0.0169. The highest BCUT2D eigenvalue weighted by Gasteiger charge is 2.14. The molecule has 0 spiro atoms. The molecule has 1 aromatic carbocycles. The third-order valence-corrected chi connectivity index (χ3v) is 3.59. The summed E-state index contributed by atoms with van der Waals surface area (Å²) in [5, 5.41) is 3.50. The number of hydrogen-bond donors (Lipinski definition) is 2. The molecule has 0 aromatic heterocycles. The summed E-state index contributed by atoms with van der Waals surface area (Å²) in [4.78, 5) is 0. The van der Waals surface area contributed by atoms with E-state index < -0.39 is 0 Å². The molecule has 2 rings (SSSR count). The molecule has 0 aliphatic carbocycles. The van der Waals surface area contributed by atoms with E-state index in [1.165, 1.54) is 24.8 Å². The van der Waals surface area contributed by atoms with Gasteiger partial charge in [-0.1, -0.05) is 30.3 Å². The molecule has 0 radical (unpaired) electrons. The largest absolute Gasteiger partial charge is 0.377 e. The SMILES string of the molecule is NCC(CNCC1CCCCO1)c1ccccc1. The average molecular weight is 248 g/mol. The Hall–Kier alpha value is -0.900. The molecule has 1 heterocycles. The number of benzene rings is 1. The van der Waals surface area contributed by atoms with E-state index >= 15 is 0 Å². The standard InChI is InChI=1S/C15H24N2O/c16-10-14(13-6-2-1-3-7-13)11-17-12-15-8-4-5-9-18-15/h1-3,6-7,14-15,17H,4-5,8-12,16H2. The third kappa shape index (κ3) is 4.09. The molecule has 3 heteroatoms. The zero-order valence-corrected chi connectivity index (χ0v) is 11.0. The van der Waals surface area contributed by atoms with E-state index in [9.17, 15) is 0 Å². The van der Waals surface area contributed by atoms with Gasteiger partial charge in [-0.25, -0.2) is 0 Å². The molecular formula is C15H24N2O. The molecule has 2 unspecified atom stereocenters. The summed E-state index contributed by atoms with van der Waals surface area (Å²) in [6.07, 6.45) is 4.09. The molecule has 1 aromatic rings. The maximum Gasteiger partial charge on any atom is 0.0699 e. The van der Waals surface area contributed by atoms with E-state index in [0.717, 1.165) is 19.7 Å². The molecular weight excluding hydrogens is 224 g/mol. The fourth-order valence-corrected chi connectivity index (χ4v) is 2.45. The van der Waals surface area contributed by atoms with Gasteiger partial charge in [0.05, 0.1) is 6.10 Å². The van der Waals surface area contributed by atoms with Crippen molar-refractivity contribution in [2.24, 2.45) is 5.73 Å². The van der Waals surface area contributed by atoms with Gasteiger partial charge >= 0.3 is 0 Å². The first-order chi connectivity index (χ1) is 8.90. The number of hydrogen-bond acceptors (Lipinski definition) is 3. The quantitative estimate of drug-likeness (QED) is 0.808. The number of nitrogens with two attached hydrogens (primary N) is 1. The average Bonchev–Trinajstić information content (AvgIpc) is 2.46. The van der Waals surface area contributed by atoms with Crippen LogP contribution < -0.4 is 11.1 Å². The van der Waals surface area contributed by atoms with Crippen LogP contribution in [0, 0.1) is 0 Å². The Bertz CT molecular complexity index is 323. The third-order valence-electron chi connectivity index (χ3n) is 3.59. The van der Waals surface area contributed by atoms with Crippen molar-refractivity contribution in [3.8, 4) is 0 Å². The molecule has 1 aliphatic rings. The Kier molecular flexibility index (Phi) is 5.65. The van der Waals surface area contributed by atoms with Gasteiger partial charge in [0, 0.05) is 32.2 Å². The van der Waals surface area contributed by atoms with Crippen molar-refractivity contribution >= 4 is 0 Å². The van der Waals surface area contributed by atoms with Crippen LogP contribution >= 0.6 is 0 Å². The summed E-state index contributed by atoms with van der Waals surface area (Å²) in [6, 6.07) is 10.5. The molecule has 0 bridgehead atoms. The minimum Gasteiger partial charge on any atom is -0.377 e. The summed E-state index contributed by atoms with van der Waals surface area (Å²) in [7, 11) is 0. The summed E-state index contributed by atoms with van der Waals surface area (Å²) in [5.74, 6) is 0.398. The van der Waals surface area contributed by atoms with Crippen LogP contribution in [0.5, 0.6) is 0 Å². The molecule has 3 N–H and O–H groups in total. The highest BCUT2D eigenvalue weighted by Crippen LogP contribution is 2.14. The van der Waals surface area contributed by atoms with Crippen molar-refractivity contribution in [1.29, 1.82) is 0 Å². The van der Waals surface area contributed by atoms with Crippen molar-refractivity contribution in [3.05, 3.63) is 35.9 Å². The van der Waals surface area contributed by atoms with E-state index in [1.54, 1.807) is 0 Å². The van der Waals surface area contributed by atoms with E-state index in [1.807, 2.05) is 6.07 Å². The molecule has 18 heavy (non-hydrogen) atoms. The summed E-state index contributed by atoms with van der Waals surface area (Å²) >= 11 is 0. The number of ether oxygens (including phenoxy) is 1. The van der Waals surface area contributed by atoms with Crippen LogP contribution in [0.15, 0.2) is 30.3 Å². The predicted octanol–water partition coefficient (Wildman–Crippen LogP) is 1.89. The Morgan fingerprint density at radius 3 is 2.78 bits per heavy atom. The van der Waals surface area contributed by atoms with Crippen LogP contribution in [0.25, 0.3) is 0 Å². The van der Waals surface area contributed by atoms with E-state index in [4.69, 9.17) is 10.5 Å². The predicted molar refractivity (Wildman–Crippen MR) is 74.7 cm³/mol. The first kappa shape index (κ1) is 13.5. The number of rotatable bonds is 6. The van der Waals surface area contributed by atoms with Gasteiger partial charge in [0.25, 0.3) is 0 Å². The summed E-state index contributed by atoms with van der Waals surface area (Å²) in [6.45, 7) is 3.48. The molecule has 3 nitrogen and oxygen atoms in total. The van der Waals surface area contributed by atoms with Crippen LogP contribution in [0.2, 0.25) is 0 Å². The highest BCUT2D eigenvalue weighted by molar-refractivity contribution is 5.20. The second-order valence-electron chi connectivity index (χ2n) is 4.99. The van der Waals surface area contributed by atoms with Crippen molar-refractivity contribution in [2.75, 3.05) is 26.2 Å². The van der Waals surface area contributed by atoms with Gasteiger partial charge in [-0.3, -0.25) is 0 Å². The van der Waals surface area contributed by atoms with Gasteiger partial charge in [-0.2, -0.15) is 0 Å². The minimum atomic E-state index is 0.396. The molecule has 100 valence electrons.